The Morgan fingerprint density at radius 3 is 2.53 bits per heavy atom. The number of aromatic nitrogens is 1. The third-order valence-corrected chi connectivity index (χ3v) is 7.85. The lowest BCUT2D eigenvalue weighted by molar-refractivity contribution is -0.112. The smallest absolute Gasteiger partial charge is 0.387 e. The maximum Gasteiger partial charge on any atom is 0.387 e. The Kier molecular flexibility index (Phi) is 8.64. The number of amides is 2. The number of ether oxygens (including phenoxy) is 1. The first-order valence-corrected chi connectivity index (χ1v) is 13.2. The first-order chi connectivity index (χ1) is 18.1. The van der Waals surface area contributed by atoms with Gasteiger partial charge in [0.25, 0.3) is 11.8 Å². The number of alkyl halides is 2. The van der Waals surface area contributed by atoms with E-state index in [-0.39, 0.29) is 43.5 Å². The van der Waals surface area contributed by atoms with Crippen molar-refractivity contribution < 1.29 is 23.1 Å². The molecular weight excluding hydrogens is 538 g/mol. The quantitative estimate of drug-likeness (QED) is 0.300. The van der Waals surface area contributed by atoms with E-state index >= 15 is 0 Å². The van der Waals surface area contributed by atoms with Crippen molar-refractivity contribution in [3.8, 4) is 17.0 Å². The second kappa shape index (κ2) is 11.7. The van der Waals surface area contributed by atoms with Gasteiger partial charge in [-0.3, -0.25) is 14.6 Å². The minimum absolute atomic E-state index is 0.110. The number of allylic oxidation sites excluding steroid dienone is 1. The number of anilines is 1. The number of fused-ring (bicyclic) bond motifs is 1. The Morgan fingerprint density at radius 2 is 1.95 bits per heavy atom. The van der Waals surface area contributed by atoms with Gasteiger partial charge in [-0.25, -0.2) is 4.98 Å². The van der Waals surface area contributed by atoms with Crippen LogP contribution in [0.25, 0.3) is 11.3 Å². The van der Waals surface area contributed by atoms with Crippen LogP contribution < -0.4 is 15.4 Å². The molecule has 0 aliphatic carbocycles. The van der Waals surface area contributed by atoms with Crippen molar-refractivity contribution in [2.45, 2.75) is 13.5 Å². The summed E-state index contributed by atoms with van der Waals surface area (Å²) in [6.07, 6.45) is 1.59. The van der Waals surface area contributed by atoms with Crippen LogP contribution in [0.15, 0.2) is 34.8 Å². The lowest BCUT2D eigenvalue weighted by Crippen LogP contribution is -2.32. The number of likely N-dealkylation sites (tertiary alicyclic amines) is 2. The van der Waals surface area contributed by atoms with Gasteiger partial charge in [-0.1, -0.05) is 29.0 Å². The third-order valence-electron chi connectivity index (χ3n) is 6.65. The number of hydrogen-bond donors (Lipinski definition) is 2. The van der Waals surface area contributed by atoms with E-state index in [1.54, 1.807) is 32.0 Å². The van der Waals surface area contributed by atoms with E-state index in [9.17, 15) is 18.4 Å². The first kappa shape index (κ1) is 27.9. The SMILES string of the molecule is C/C=C(/C(=O)Nc1sc(C(=O)N2CC3CN(C)CC3C2)nc1-c1cc(Cl)ccc1OC(F)F)C(=NC)NC. The summed E-state index contributed by atoms with van der Waals surface area (Å²) >= 11 is 7.16. The molecule has 0 saturated carbocycles. The highest BCUT2D eigenvalue weighted by atomic mass is 35.5. The second-order valence-corrected chi connectivity index (χ2v) is 10.6. The molecule has 2 fully saturated rings. The average Bonchev–Trinajstić information content (AvgIpc) is 3.55. The predicted octanol–water partition coefficient (Wildman–Crippen LogP) is 3.83. The lowest BCUT2D eigenvalue weighted by Gasteiger charge is -2.18. The number of nitrogens with one attached hydrogen (secondary N) is 2. The molecule has 0 radical (unpaired) electrons. The van der Waals surface area contributed by atoms with Gasteiger partial charge in [-0.15, -0.1) is 0 Å². The van der Waals surface area contributed by atoms with E-state index in [4.69, 9.17) is 16.3 Å². The normalized spacial score (nSPS) is 20.2. The zero-order chi connectivity index (χ0) is 27.6. The minimum atomic E-state index is -3.09. The Bertz CT molecular complexity index is 1270. The van der Waals surface area contributed by atoms with Crippen molar-refractivity contribution in [1.29, 1.82) is 0 Å². The van der Waals surface area contributed by atoms with Crippen LogP contribution in [-0.2, 0) is 4.79 Å². The van der Waals surface area contributed by atoms with Gasteiger partial charge in [-0.05, 0) is 44.0 Å². The summed E-state index contributed by atoms with van der Waals surface area (Å²) in [4.78, 5) is 39.3. The van der Waals surface area contributed by atoms with Crippen molar-refractivity contribution >= 4 is 45.6 Å². The number of carbonyl (C=O) groups is 2. The number of aliphatic imine (C=N–C) groups is 1. The molecule has 2 N–H and O–H groups in total. The number of thiazole rings is 1. The van der Waals surface area contributed by atoms with Crippen LogP contribution in [0.3, 0.4) is 0 Å². The molecule has 3 heterocycles. The molecule has 2 aliphatic heterocycles. The number of benzene rings is 1. The van der Waals surface area contributed by atoms with Crippen molar-refractivity contribution in [2.75, 3.05) is 52.6 Å². The summed E-state index contributed by atoms with van der Waals surface area (Å²) in [5.74, 6) is 0.178. The Labute approximate surface area is 228 Å². The Hall–Kier alpha value is -3.09. The molecule has 4 rings (SSSR count). The average molecular weight is 567 g/mol. The van der Waals surface area contributed by atoms with Crippen molar-refractivity contribution in [2.24, 2.45) is 16.8 Å². The van der Waals surface area contributed by atoms with Crippen LogP contribution in [-0.4, -0.2) is 86.4 Å². The topological polar surface area (TPSA) is 99.2 Å². The molecule has 2 aliphatic rings. The Balaban J connectivity index is 1.73. The van der Waals surface area contributed by atoms with Crippen LogP contribution in [0, 0.1) is 11.8 Å². The zero-order valence-corrected chi connectivity index (χ0v) is 23.0. The highest BCUT2D eigenvalue weighted by Crippen LogP contribution is 2.41. The fourth-order valence-electron chi connectivity index (χ4n) is 5.01. The number of hydrogen-bond acceptors (Lipinski definition) is 7. The molecule has 0 spiro atoms. The third kappa shape index (κ3) is 5.82. The van der Waals surface area contributed by atoms with E-state index in [1.807, 2.05) is 0 Å². The molecule has 2 unspecified atom stereocenters. The number of halogens is 3. The zero-order valence-electron chi connectivity index (χ0n) is 21.4. The van der Waals surface area contributed by atoms with Crippen molar-refractivity contribution in [3.05, 3.63) is 39.9 Å². The van der Waals surface area contributed by atoms with E-state index in [1.165, 1.54) is 18.2 Å². The first-order valence-electron chi connectivity index (χ1n) is 12.0. The lowest BCUT2D eigenvalue weighted by atomic mass is 10.0. The van der Waals surface area contributed by atoms with Crippen molar-refractivity contribution in [1.82, 2.24) is 20.1 Å². The van der Waals surface area contributed by atoms with Crippen LogP contribution in [0.5, 0.6) is 5.75 Å². The Morgan fingerprint density at radius 1 is 1.26 bits per heavy atom. The molecule has 2 saturated heterocycles. The van der Waals surface area contributed by atoms with Crippen LogP contribution in [0.1, 0.15) is 16.7 Å². The number of nitrogens with zero attached hydrogens (tertiary/aromatic N) is 4. The molecule has 0 bridgehead atoms. The standard InChI is InChI=1S/C25H29ClF2N6O3S/c1-5-16(20(29-2)30-3)21(35)32-22-19(17-8-15(26)6-7-18(17)37-25(27)28)31-23(38-22)24(36)34-11-13-9-33(4)10-14(13)12-34/h5-8,13-14,25H,9-12H2,1-4H3,(H,29,30)(H,32,35)/b16-5+. The summed E-state index contributed by atoms with van der Waals surface area (Å²) in [6, 6.07) is 4.13. The molecule has 204 valence electrons. The number of likely N-dealkylation sites (N-methyl/N-ethyl adjacent to an activating group) is 1. The number of rotatable bonds is 7. The molecule has 1 aromatic heterocycles. The number of carbonyl (C=O) groups excluding carboxylic acids is 2. The molecule has 38 heavy (non-hydrogen) atoms. The van der Waals surface area contributed by atoms with Gasteiger partial charge in [0, 0.05) is 50.9 Å². The maximum atomic E-state index is 13.5. The minimum Gasteiger partial charge on any atom is -0.434 e. The van der Waals surface area contributed by atoms with E-state index in [0.29, 0.717) is 30.8 Å². The molecule has 9 nitrogen and oxygen atoms in total. The van der Waals surface area contributed by atoms with Crippen LogP contribution in [0.2, 0.25) is 5.02 Å². The molecule has 2 aromatic rings. The van der Waals surface area contributed by atoms with Crippen LogP contribution >= 0.6 is 22.9 Å². The van der Waals surface area contributed by atoms with E-state index < -0.39 is 12.5 Å². The number of amidine groups is 1. The monoisotopic (exact) mass is 566 g/mol. The molecular formula is C25H29ClF2N6O3S. The summed E-state index contributed by atoms with van der Waals surface area (Å²) in [7, 11) is 5.25. The van der Waals surface area contributed by atoms with Crippen molar-refractivity contribution in [3.63, 3.8) is 0 Å². The van der Waals surface area contributed by atoms with Gasteiger partial charge in [-0.2, -0.15) is 8.78 Å². The van der Waals surface area contributed by atoms with Crippen LogP contribution in [0.4, 0.5) is 13.8 Å². The molecule has 1 aromatic carbocycles. The van der Waals surface area contributed by atoms with Gasteiger partial charge in [0.2, 0.25) is 0 Å². The van der Waals surface area contributed by atoms with Gasteiger partial charge in [0.1, 0.15) is 22.3 Å². The summed E-state index contributed by atoms with van der Waals surface area (Å²) in [5.41, 5.74) is 0.496. The predicted molar refractivity (Wildman–Crippen MR) is 144 cm³/mol. The molecule has 2 atom stereocenters. The second-order valence-electron chi connectivity index (χ2n) is 9.15. The van der Waals surface area contributed by atoms with Gasteiger partial charge >= 0.3 is 6.61 Å². The van der Waals surface area contributed by atoms with Gasteiger partial charge in [0.15, 0.2) is 5.01 Å². The summed E-state index contributed by atoms with van der Waals surface area (Å²) < 4.78 is 31.1. The highest BCUT2D eigenvalue weighted by Gasteiger charge is 2.41. The summed E-state index contributed by atoms with van der Waals surface area (Å²) in [6.45, 7) is 1.67. The fourth-order valence-corrected chi connectivity index (χ4v) is 6.12. The molecule has 2 amide bonds. The summed E-state index contributed by atoms with van der Waals surface area (Å²) in [5, 5.41) is 6.23. The van der Waals surface area contributed by atoms with Gasteiger partial charge < -0.3 is 25.2 Å². The van der Waals surface area contributed by atoms with Gasteiger partial charge in [0.05, 0.1) is 5.57 Å². The fraction of sp³-hybridized carbons (Fsp3) is 0.440. The highest BCUT2D eigenvalue weighted by molar-refractivity contribution is 7.18. The molecule has 13 heteroatoms. The van der Waals surface area contributed by atoms with E-state index in [2.05, 4.69) is 32.6 Å². The largest absolute Gasteiger partial charge is 0.434 e. The maximum absolute atomic E-state index is 13.5. The van der Waals surface area contributed by atoms with E-state index in [0.717, 1.165) is 24.4 Å².